The average molecular weight is 269 g/mol. The monoisotopic (exact) mass is 269 g/mol. The summed E-state index contributed by atoms with van der Waals surface area (Å²) in [4.78, 5) is 4.94. The highest BCUT2D eigenvalue weighted by Crippen LogP contribution is 2.17. The summed E-state index contributed by atoms with van der Waals surface area (Å²) in [7, 11) is 4.37. The van der Waals surface area contributed by atoms with Crippen molar-refractivity contribution in [1.82, 2.24) is 15.1 Å². The van der Waals surface area contributed by atoms with Crippen LogP contribution in [0.25, 0.3) is 0 Å². The van der Waals surface area contributed by atoms with E-state index in [0.717, 1.165) is 38.1 Å². The molecule has 0 aromatic rings. The first-order valence-corrected chi connectivity index (χ1v) is 7.89. The summed E-state index contributed by atoms with van der Waals surface area (Å²) in [5.41, 5.74) is 0. The van der Waals surface area contributed by atoms with Crippen LogP contribution in [0.15, 0.2) is 0 Å². The molecule has 0 aromatic heterocycles. The van der Waals surface area contributed by atoms with Gasteiger partial charge < -0.3 is 19.9 Å². The molecular formula is C15H31N3O. The molecule has 2 rings (SSSR count). The van der Waals surface area contributed by atoms with Gasteiger partial charge in [0, 0.05) is 32.8 Å². The third kappa shape index (κ3) is 5.78. The highest BCUT2D eigenvalue weighted by molar-refractivity contribution is 4.74. The zero-order valence-electron chi connectivity index (χ0n) is 12.7. The summed E-state index contributed by atoms with van der Waals surface area (Å²) in [5, 5.41) is 3.59. The number of piperidine rings is 1. The smallest absolute Gasteiger partial charge is 0.0507 e. The molecule has 19 heavy (non-hydrogen) atoms. The van der Waals surface area contributed by atoms with Crippen molar-refractivity contribution in [2.45, 2.75) is 19.3 Å². The predicted octanol–water partition coefficient (Wildman–Crippen LogP) is 0.886. The number of nitrogens with zero attached hydrogens (tertiary/aromatic N) is 2. The Kier molecular flexibility index (Phi) is 6.57. The van der Waals surface area contributed by atoms with Gasteiger partial charge in [-0.1, -0.05) is 0 Å². The van der Waals surface area contributed by atoms with Crippen LogP contribution in [-0.4, -0.2) is 76.4 Å². The fourth-order valence-corrected chi connectivity index (χ4v) is 3.20. The quantitative estimate of drug-likeness (QED) is 0.695. The van der Waals surface area contributed by atoms with Gasteiger partial charge in [0.1, 0.15) is 0 Å². The average Bonchev–Trinajstić information content (AvgIpc) is 2.89. The minimum absolute atomic E-state index is 0.755. The fourth-order valence-electron chi connectivity index (χ4n) is 3.20. The largest absolute Gasteiger partial charge is 0.381 e. The van der Waals surface area contributed by atoms with Crippen molar-refractivity contribution < 1.29 is 4.74 Å². The summed E-state index contributed by atoms with van der Waals surface area (Å²) in [6.45, 7) is 9.23. The van der Waals surface area contributed by atoms with E-state index < -0.39 is 0 Å². The van der Waals surface area contributed by atoms with Crippen LogP contribution in [0.1, 0.15) is 19.3 Å². The van der Waals surface area contributed by atoms with E-state index in [0.29, 0.717) is 0 Å². The molecule has 0 radical (unpaired) electrons. The topological polar surface area (TPSA) is 27.7 Å². The summed E-state index contributed by atoms with van der Waals surface area (Å²) in [5.74, 6) is 1.67. The van der Waals surface area contributed by atoms with E-state index in [-0.39, 0.29) is 0 Å². The Morgan fingerprint density at radius 1 is 1.16 bits per heavy atom. The molecule has 0 aromatic carbocycles. The van der Waals surface area contributed by atoms with E-state index in [1.54, 1.807) is 0 Å². The van der Waals surface area contributed by atoms with Crippen LogP contribution >= 0.6 is 0 Å². The number of hydrogen-bond acceptors (Lipinski definition) is 4. The van der Waals surface area contributed by atoms with Gasteiger partial charge in [-0.2, -0.15) is 0 Å². The van der Waals surface area contributed by atoms with Crippen LogP contribution in [0.3, 0.4) is 0 Å². The molecule has 0 bridgehead atoms. The van der Waals surface area contributed by atoms with E-state index >= 15 is 0 Å². The van der Waals surface area contributed by atoms with E-state index in [4.69, 9.17) is 4.74 Å². The number of likely N-dealkylation sites (tertiary alicyclic amines) is 1. The minimum atomic E-state index is 0.755. The van der Waals surface area contributed by atoms with Crippen molar-refractivity contribution in [1.29, 1.82) is 0 Å². The molecule has 2 aliphatic rings. The normalized spacial score (nSPS) is 26.4. The van der Waals surface area contributed by atoms with Gasteiger partial charge in [0.15, 0.2) is 0 Å². The van der Waals surface area contributed by atoms with Crippen LogP contribution < -0.4 is 5.32 Å². The number of nitrogens with one attached hydrogen (secondary N) is 1. The molecule has 0 aliphatic carbocycles. The molecule has 1 atom stereocenters. The highest BCUT2D eigenvalue weighted by Gasteiger charge is 2.19. The Hall–Kier alpha value is -0.160. The SMILES string of the molecule is CN(C)CC1CCN(CCNCC2CCOC2)CC1. The number of rotatable bonds is 7. The second-order valence-corrected chi connectivity index (χ2v) is 6.48. The predicted molar refractivity (Wildman–Crippen MR) is 79.5 cm³/mol. The fraction of sp³-hybridized carbons (Fsp3) is 1.00. The summed E-state index contributed by atoms with van der Waals surface area (Å²) in [6, 6.07) is 0. The molecule has 1 N–H and O–H groups in total. The van der Waals surface area contributed by atoms with Gasteiger partial charge in [0.05, 0.1) is 6.61 Å². The maximum absolute atomic E-state index is 5.39. The lowest BCUT2D eigenvalue weighted by Gasteiger charge is -2.33. The summed E-state index contributed by atoms with van der Waals surface area (Å²) in [6.07, 6.45) is 3.98. The van der Waals surface area contributed by atoms with Gasteiger partial charge in [0.2, 0.25) is 0 Å². The lowest BCUT2D eigenvalue weighted by molar-refractivity contribution is 0.161. The molecule has 2 fully saturated rings. The maximum atomic E-state index is 5.39. The second-order valence-electron chi connectivity index (χ2n) is 6.48. The molecule has 2 heterocycles. The molecule has 2 saturated heterocycles. The van der Waals surface area contributed by atoms with Crippen LogP contribution in [-0.2, 0) is 4.74 Å². The van der Waals surface area contributed by atoms with Crippen molar-refractivity contribution >= 4 is 0 Å². The van der Waals surface area contributed by atoms with Gasteiger partial charge in [-0.3, -0.25) is 0 Å². The van der Waals surface area contributed by atoms with E-state index in [1.165, 1.54) is 45.4 Å². The van der Waals surface area contributed by atoms with Gasteiger partial charge >= 0.3 is 0 Å². The van der Waals surface area contributed by atoms with E-state index in [1.807, 2.05) is 0 Å². The van der Waals surface area contributed by atoms with Crippen LogP contribution in [0.4, 0.5) is 0 Å². The lowest BCUT2D eigenvalue weighted by atomic mass is 9.96. The molecule has 0 spiro atoms. The van der Waals surface area contributed by atoms with Crippen LogP contribution in [0.5, 0.6) is 0 Å². The van der Waals surface area contributed by atoms with Crippen LogP contribution in [0.2, 0.25) is 0 Å². The standard InChI is InChI=1S/C15H31N3O/c1-17(2)12-14-3-7-18(8-4-14)9-6-16-11-15-5-10-19-13-15/h14-16H,3-13H2,1-2H3. The Morgan fingerprint density at radius 3 is 2.58 bits per heavy atom. The number of hydrogen-bond donors (Lipinski definition) is 1. The Labute approximate surface area is 118 Å². The van der Waals surface area contributed by atoms with Crippen LogP contribution in [0, 0.1) is 11.8 Å². The van der Waals surface area contributed by atoms with Crippen molar-refractivity contribution in [2.24, 2.45) is 11.8 Å². The van der Waals surface area contributed by atoms with Crippen molar-refractivity contribution in [3.63, 3.8) is 0 Å². The summed E-state index contributed by atoms with van der Waals surface area (Å²) >= 11 is 0. The first-order valence-electron chi connectivity index (χ1n) is 7.89. The molecule has 0 saturated carbocycles. The van der Waals surface area contributed by atoms with E-state index in [2.05, 4.69) is 29.2 Å². The molecule has 0 amide bonds. The molecule has 1 unspecified atom stereocenters. The third-order valence-corrected chi connectivity index (χ3v) is 4.39. The van der Waals surface area contributed by atoms with Gasteiger partial charge in [-0.25, -0.2) is 0 Å². The van der Waals surface area contributed by atoms with Crippen molar-refractivity contribution in [3.05, 3.63) is 0 Å². The molecular weight excluding hydrogens is 238 g/mol. The van der Waals surface area contributed by atoms with Crippen molar-refractivity contribution in [3.8, 4) is 0 Å². The third-order valence-electron chi connectivity index (χ3n) is 4.39. The summed E-state index contributed by atoms with van der Waals surface area (Å²) < 4.78 is 5.39. The zero-order chi connectivity index (χ0) is 13.5. The Balaban J connectivity index is 1.48. The highest BCUT2D eigenvalue weighted by atomic mass is 16.5. The van der Waals surface area contributed by atoms with Gasteiger partial charge in [-0.15, -0.1) is 0 Å². The molecule has 112 valence electrons. The Morgan fingerprint density at radius 2 is 1.95 bits per heavy atom. The Bertz CT molecular complexity index is 234. The molecule has 4 heteroatoms. The second kappa shape index (κ2) is 8.20. The first kappa shape index (κ1) is 15.2. The lowest BCUT2D eigenvalue weighted by Crippen LogP contribution is -2.40. The van der Waals surface area contributed by atoms with Gasteiger partial charge in [-0.05, 0) is 58.3 Å². The molecule has 2 aliphatic heterocycles. The minimum Gasteiger partial charge on any atom is -0.381 e. The van der Waals surface area contributed by atoms with Crippen molar-refractivity contribution in [2.75, 3.05) is 66.6 Å². The zero-order valence-corrected chi connectivity index (χ0v) is 12.7. The molecule has 4 nitrogen and oxygen atoms in total. The van der Waals surface area contributed by atoms with E-state index in [9.17, 15) is 0 Å². The maximum Gasteiger partial charge on any atom is 0.0507 e. The first-order chi connectivity index (χ1) is 9.24. The van der Waals surface area contributed by atoms with Gasteiger partial charge in [0.25, 0.3) is 0 Å². The number of ether oxygens (including phenoxy) is 1.